The number of thioether (sulfide) groups is 1. The Labute approximate surface area is 97.5 Å². The number of rotatable bonds is 4. The van der Waals surface area contributed by atoms with Crippen LogP contribution in [0.5, 0.6) is 0 Å². The molecule has 0 aliphatic carbocycles. The van der Waals surface area contributed by atoms with Gasteiger partial charge in [0.2, 0.25) is 0 Å². The Balaban J connectivity index is 2.09. The average Bonchev–Trinajstić information content (AvgIpc) is 2.79. The van der Waals surface area contributed by atoms with Crippen LogP contribution < -0.4 is 5.46 Å². The van der Waals surface area contributed by atoms with Crippen molar-refractivity contribution in [3.05, 3.63) is 42.3 Å². The summed E-state index contributed by atoms with van der Waals surface area (Å²) in [7, 11) is -1.44. The third-order valence-corrected chi connectivity index (χ3v) is 3.00. The van der Waals surface area contributed by atoms with Crippen molar-refractivity contribution < 1.29 is 14.5 Å². The first-order valence-corrected chi connectivity index (χ1v) is 5.72. The van der Waals surface area contributed by atoms with Crippen molar-refractivity contribution in [2.75, 3.05) is 0 Å². The maximum Gasteiger partial charge on any atom is 0.488 e. The molecule has 1 aromatic heterocycles. The first-order valence-electron chi connectivity index (χ1n) is 4.73. The highest BCUT2D eigenvalue weighted by Gasteiger charge is 2.15. The first kappa shape index (κ1) is 11.3. The van der Waals surface area contributed by atoms with Gasteiger partial charge in [0.05, 0.1) is 6.20 Å². The Bertz CT molecular complexity index is 447. The summed E-state index contributed by atoms with van der Waals surface area (Å²) in [6, 6.07) is 7.17. The van der Waals surface area contributed by atoms with E-state index in [0.29, 0.717) is 16.4 Å². The predicted molar refractivity (Wildman–Crippen MR) is 62.3 cm³/mol. The van der Waals surface area contributed by atoms with E-state index < -0.39 is 7.12 Å². The number of aromatic nitrogens is 1. The van der Waals surface area contributed by atoms with E-state index in [0.717, 1.165) is 5.56 Å². The second kappa shape index (κ2) is 5.20. The number of oxazole rings is 1. The van der Waals surface area contributed by atoms with Crippen LogP contribution in [0.25, 0.3) is 0 Å². The monoisotopic (exact) mass is 235 g/mol. The topological polar surface area (TPSA) is 66.5 Å². The zero-order valence-electron chi connectivity index (χ0n) is 8.41. The molecule has 2 aromatic rings. The minimum Gasteiger partial charge on any atom is -0.440 e. The SMILES string of the molecule is OB(O)c1ccccc1CSc1ncco1. The summed E-state index contributed by atoms with van der Waals surface area (Å²) < 4.78 is 5.08. The van der Waals surface area contributed by atoms with Gasteiger partial charge in [-0.25, -0.2) is 4.98 Å². The quantitative estimate of drug-likeness (QED) is 0.601. The molecule has 6 heteroatoms. The van der Waals surface area contributed by atoms with Crippen LogP contribution in [0.2, 0.25) is 0 Å². The van der Waals surface area contributed by atoms with Gasteiger partial charge in [0.25, 0.3) is 5.22 Å². The lowest BCUT2D eigenvalue weighted by molar-refractivity contribution is 0.425. The van der Waals surface area contributed by atoms with Gasteiger partial charge in [-0.05, 0) is 11.0 Å². The average molecular weight is 235 g/mol. The number of nitrogens with zero attached hydrogens (tertiary/aromatic N) is 1. The van der Waals surface area contributed by atoms with E-state index in [1.165, 1.54) is 18.0 Å². The van der Waals surface area contributed by atoms with Crippen molar-refractivity contribution in [2.24, 2.45) is 0 Å². The van der Waals surface area contributed by atoms with Crippen LogP contribution >= 0.6 is 11.8 Å². The molecule has 0 spiro atoms. The van der Waals surface area contributed by atoms with Crippen molar-refractivity contribution in [1.82, 2.24) is 4.98 Å². The van der Waals surface area contributed by atoms with Crippen LogP contribution in [0.4, 0.5) is 0 Å². The molecular weight excluding hydrogens is 225 g/mol. The van der Waals surface area contributed by atoms with Crippen LogP contribution in [0.3, 0.4) is 0 Å². The third kappa shape index (κ3) is 2.66. The van der Waals surface area contributed by atoms with E-state index in [1.807, 2.05) is 12.1 Å². The second-order valence-corrected chi connectivity index (χ2v) is 4.09. The van der Waals surface area contributed by atoms with E-state index in [2.05, 4.69) is 4.98 Å². The van der Waals surface area contributed by atoms with Crippen molar-refractivity contribution in [1.29, 1.82) is 0 Å². The first-order chi connectivity index (χ1) is 7.77. The zero-order chi connectivity index (χ0) is 11.4. The van der Waals surface area contributed by atoms with Crippen molar-refractivity contribution in [3.8, 4) is 0 Å². The molecule has 16 heavy (non-hydrogen) atoms. The highest BCUT2D eigenvalue weighted by Crippen LogP contribution is 2.19. The van der Waals surface area contributed by atoms with Crippen molar-refractivity contribution in [3.63, 3.8) is 0 Å². The van der Waals surface area contributed by atoms with E-state index in [4.69, 9.17) is 14.5 Å². The smallest absolute Gasteiger partial charge is 0.440 e. The third-order valence-electron chi connectivity index (χ3n) is 2.09. The minimum absolute atomic E-state index is 0.515. The van der Waals surface area contributed by atoms with Gasteiger partial charge in [0, 0.05) is 5.75 Å². The number of hydrogen-bond acceptors (Lipinski definition) is 5. The van der Waals surface area contributed by atoms with Gasteiger partial charge in [-0.1, -0.05) is 36.0 Å². The molecule has 0 atom stereocenters. The van der Waals surface area contributed by atoms with E-state index in [9.17, 15) is 0 Å². The van der Waals surface area contributed by atoms with Crippen molar-refractivity contribution >= 4 is 24.3 Å². The molecule has 1 heterocycles. The summed E-state index contributed by atoms with van der Waals surface area (Å²) in [5.41, 5.74) is 1.38. The molecule has 2 rings (SSSR count). The maximum absolute atomic E-state index is 9.17. The van der Waals surface area contributed by atoms with Gasteiger partial charge >= 0.3 is 7.12 Å². The van der Waals surface area contributed by atoms with Crippen molar-refractivity contribution in [2.45, 2.75) is 11.0 Å². The molecule has 0 fully saturated rings. The highest BCUT2D eigenvalue weighted by molar-refractivity contribution is 7.98. The standard InChI is InChI=1S/C10H10BNO3S/c13-11(14)9-4-2-1-3-8(9)7-16-10-12-5-6-15-10/h1-6,13-14H,7H2. The van der Waals surface area contributed by atoms with Crippen LogP contribution in [-0.4, -0.2) is 22.2 Å². The molecule has 0 saturated carbocycles. The van der Waals surface area contributed by atoms with Crippen LogP contribution in [-0.2, 0) is 5.75 Å². The molecule has 2 N–H and O–H groups in total. The number of benzene rings is 1. The van der Waals surface area contributed by atoms with Gasteiger partial charge in [-0.3, -0.25) is 0 Å². The summed E-state index contributed by atoms with van der Waals surface area (Å²) in [6.45, 7) is 0. The van der Waals surface area contributed by atoms with Gasteiger partial charge in [-0.15, -0.1) is 0 Å². The van der Waals surface area contributed by atoms with Gasteiger partial charge < -0.3 is 14.5 Å². The molecule has 0 unspecified atom stereocenters. The number of hydrogen-bond donors (Lipinski definition) is 2. The minimum atomic E-state index is -1.44. The molecule has 0 saturated heterocycles. The Kier molecular flexibility index (Phi) is 3.66. The molecular formula is C10H10BNO3S. The fraction of sp³-hybridized carbons (Fsp3) is 0.100. The molecule has 0 aliphatic heterocycles. The molecule has 1 aromatic carbocycles. The summed E-state index contributed by atoms with van der Waals surface area (Å²) in [5, 5.41) is 18.9. The molecule has 0 aliphatic rings. The van der Waals surface area contributed by atoms with Gasteiger partial charge in [0.1, 0.15) is 6.26 Å². The molecule has 0 bridgehead atoms. The van der Waals surface area contributed by atoms with E-state index >= 15 is 0 Å². The molecule has 0 amide bonds. The fourth-order valence-electron chi connectivity index (χ4n) is 1.34. The molecule has 0 radical (unpaired) electrons. The Morgan fingerprint density at radius 2 is 2.12 bits per heavy atom. The van der Waals surface area contributed by atoms with Crippen LogP contribution in [0, 0.1) is 0 Å². The lowest BCUT2D eigenvalue weighted by atomic mass is 9.77. The van der Waals surface area contributed by atoms with E-state index in [-0.39, 0.29) is 0 Å². The maximum atomic E-state index is 9.17. The van der Waals surface area contributed by atoms with E-state index in [1.54, 1.807) is 18.3 Å². The summed E-state index contributed by atoms with van der Waals surface area (Å²) in [5.74, 6) is 0.592. The Morgan fingerprint density at radius 1 is 1.31 bits per heavy atom. The van der Waals surface area contributed by atoms with Gasteiger partial charge in [-0.2, -0.15) is 0 Å². The molecule has 82 valence electrons. The molecule has 4 nitrogen and oxygen atoms in total. The Hall–Kier alpha value is -1.24. The zero-order valence-corrected chi connectivity index (χ0v) is 9.22. The van der Waals surface area contributed by atoms with Gasteiger partial charge in [0.15, 0.2) is 0 Å². The summed E-state index contributed by atoms with van der Waals surface area (Å²) in [6.07, 6.45) is 3.09. The predicted octanol–water partition coefficient (Wildman–Crippen LogP) is 0.647. The fourth-order valence-corrected chi connectivity index (χ4v) is 2.14. The normalized spacial score (nSPS) is 10.4. The lowest BCUT2D eigenvalue weighted by Gasteiger charge is -2.06. The highest BCUT2D eigenvalue weighted by atomic mass is 32.2. The van der Waals surface area contributed by atoms with Crippen LogP contribution in [0.1, 0.15) is 5.56 Å². The van der Waals surface area contributed by atoms with Crippen LogP contribution in [0.15, 0.2) is 46.4 Å². The summed E-state index contributed by atoms with van der Waals surface area (Å²) >= 11 is 1.41. The summed E-state index contributed by atoms with van der Waals surface area (Å²) in [4.78, 5) is 3.98. The Morgan fingerprint density at radius 3 is 2.81 bits per heavy atom. The lowest BCUT2D eigenvalue weighted by Crippen LogP contribution is -2.32. The largest absolute Gasteiger partial charge is 0.488 e. The second-order valence-electron chi connectivity index (χ2n) is 3.16.